The first kappa shape index (κ1) is 10.1. The van der Waals surface area contributed by atoms with Crippen LogP contribution >= 0.6 is 15.9 Å². The molecule has 0 bridgehead atoms. The van der Waals surface area contributed by atoms with E-state index in [1.165, 1.54) is 19.3 Å². The highest BCUT2D eigenvalue weighted by Gasteiger charge is 2.19. The Balaban J connectivity index is 1.66. The summed E-state index contributed by atoms with van der Waals surface area (Å²) >= 11 is 3.37. The zero-order valence-electron chi connectivity index (χ0n) is 8.17. The van der Waals surface area contributed by atoms with Crippen LogP contribution in [0.1, 0.15) is 25.0 Å². The highest BCUT2D eigenvalue weighted by atomic mass is 79.9. The van der Waals surface area contributed by atoms with Crippen LogP contribution in [0.4, 0.5) is 0 Å². The van der Waals surface area contributed by atoms with E-state index in [1.807, 2.05) is 18.3 Å². The minimum Gasteiger partial charge on any atom is -0.311 e. The van der Waals surface area contributed by atoms with Crippen LogP contribution in [0.25, 0.3) is 0 Å². The van der Waals surface area contributed by atoms with E-state index in [2.05, 4.69) is 26.2 Å². The summed E-state index contributed by atoms with van der Waals surface area (Å²) in [5, 5.41) is 3.41. The first-order chi connectivity index (χ1) is 6.84. The molecule has 1 saturated carbocycles. The summed E-state index contributed by atoms with van der Waals surface area (Å²) < 4.78 is 1.04. The number of halogens is 1. The number of hydrogen-bond acceptors (Lipinski definition) is 2. The van der Waals surface area contributed by atoms with Gasteiger partial charge in [0.05, 0.1) is 5.69 Å². The monoisotopic (exact) mass is 254 g/mol. The molecule has 0 spiro atoms. The summed E-state index contributed by atoms with van der Waals surface area (Å²) in [5.74, 6) is 1.01. The van der Waals surface area contributed by atoms with Crippen molar-refractivity contribution in [2.24, 2.45) is 5.92 Å². The lowest BCUT2D eigenvalue weighted by Gasteiger charge is -2.03. The molecule has 76 valence electrons. The molecule has 0 unspecified atom stereocenters. The van der Waals surface area contributed by atoms with Gasteiger partial charge in [0.25, 0.3) is 0 Å². The zero-order valence-corrected chi connectivity index (χ0v) is 9.76. The molecule has 0 radical (unpaired) electrons. The van der Waals surface area contributed by atoms with Gasteiger partial charge in [-0.25, -0.2) is 0 Å². The predicted molar refractivity (Wildman–Crippen MR) is 61.0 cm³/mol. The molecule has 3 heteroatoms. The molecule has 1 N–H and O–H groups in total. The van der Waals surface area contributed by atoms with Gasteiger partial charge < -0.3 is 5.32 Å². The molecule has 1 fully saturated rings. The molecular weight excluding hydrogens is 240 g/mol. The normalized spacial score (nSPS) is 15.8. The fraction of sp³-hybridized carbons (Fsp3) is 0.545. The number of nitrogens with one attached hydrogen (secondary N) is 1. The van der Waals surface area contributed by atoms with Gasteiger partial charge in [-0.1, -0.05) is 12.8 Å². The van der Waals surface area contributed by atoms with Gasteiger partial charge in [0.15, 0.2) is 0 Å². The molecule has 2 rings (SSSR count). The quantitative estimate of drug-likeness (QED) is 0.818. The van der Waals surface area contributed by atoms with E-state index in [1.54, 1.807) is 0 Å². The number of rotatable bonds is 5. The SMILES string of the molecule is Brc1ccc(CNCCC2CC2)nc1. The maximum atomic E-state index is 4.30. The average Bonchev–Trinajstić information content (AvgIpc) is 2.99. The Morgan fingerprint density at radius 1 is 1.43 bits per heavy atom. The average molecular weight is 255 g/mol. The van der Waals surface area contributed by atoms with E-state index in [4.69, 9.17) is 0 Å². The van der Waals surface area contributed by atoms with Crippen molar-refractivity contribution in [1.29, 1.82) is 0 Å². The minimum atomic E-state index is 0.889. The summed E-state index contributed by atoms with van der Waals surface area (Å²) in [6.45, 7) is 2.02. The van der Waals surface area contributed by atoms with Crippen LogP contribution in [0.2, 0.25) is 0 Å². The molecule has 1 heterocycles. The largest absolute Gasteiger partial charge is 0.311 e. The highest BCUT2D eigenvalue weighted by molar-refractivity contribution is 9.10. The van der Waals surface area contributed by atoms with Crippen LogP contribution in [0.3, 0.4) is 0 Å². The van der Waals surface area contributed by atoms with Crippen molar-refractivity contribution in [2.45, 2.75) is 25.8 Å². The molecular formula is C11H15BrN2. The van der Waals surface area contributed by atoms with Crippen LogP contribution in [0, 0.1) is 5.92 Å². The van der Waals surface area contributed by atoms with E-state index in [-0.39, 0.29) is 0 Å². The van der Waals surface area contributed by atoms with Crippen LogP contribution in [0.15, 0.2) is 22.8 Å². The molecule has 1 aromatic rings. The van der Waals surface area contributed by atoms with Crippen molar-refractivity contribution in [3.8, 4) is 0 Å². The van der Waals surface area contributed by atoms with Gasteiger partial charge in [0.2, 0.25) is 0 Å². The Morgan fingerprint density at radius 3 is 2.93 bits per heavy atom. The first-order valence-electron chi connectivity index (χ1n) is 5.16. The Kier molecular flexibility index (Phi) is 3.54. The standard InChI is InChI=1S/C11H15BrN2/c12-10-3-4-11(14-7-10)8-13-6-5-9-1-2-9/h3-4,7,9,13H,1-2,5-6,8H2. The van der Waals surface area contributed by atoms with Gasteiger partial charge in [0, 0.05) is 17.2 Å². The van der Waals surface area contributed by atoms with E-state index in [9.17, 15) is 0 Å². The van der Waals surface area contributed by atoms with Gasteiger partial charge in [-0.15, -0.1) is 0 Å². The van der Waals surface area contributed by atoms with Gasteiger partial charge in [-0.3, -0.25) is 4.98 Å². The number of aromatic nitrogens is 1. The third-order valence-electron chi connectivity index (χ3n) is 2.52. The maximum Gasteiger partial charge on any atom is 0.0542 e. The smallest absolute Gasteiger partial charge is 0.0542 e. The molecule has 1 aliphatic rings. The van der Waals surface area contributed by atoms with E-state index in [0.29, 0.717) is 0 Å². The van der Waals surface area contributed by atoms with Gasteiger partial charge in [0.1, 0.15) is 0 Å². The van der Waals surface area contributed by atoms with Crippen LogP contribution in [-0.2, 0) is 6.54 Å². The second-order valence-electron chi connectivity index (χ2n) is 3.88. The molecule has 1 aromatic heterocycles. The van der Waals surface area contributed by atoms with Crippen molar-refractivity contribution in [1.82, 2.24) is 10.3 Å². The molecule has 14 heavy (non-hydrogen) atoms. The van der Waals surface area contributed by atoms with Crippen molar-refractivity contribution in [3.05, 3.63) is 28.5 Å². The maximum absolute atomic E-state index is 4.30. The number of pyridine rings is 1. The lowest BCUT2D eigenvalue weighted by Crippen LogP contribution is -2.15. The molecule has 2 nitrogen and oxygen atoms in total. The Hall–Kier alpha value is -0.410. The zero-order chi connectivity index (χ0) is 9.80. The summed E-state index contributed by atoms with van der Waals surface area (Å²) in [7, 11) is 0. The van der Waals surface area contributed by atoms with Gasteiger partial charge in [-0.05, 0) is 46.9 Å². The third-order valence-corrected chi connectivity index (χ3v) is 2.99. The third kappa shape index (κ3) is 3.39. The van der Waals surface area contributed by atoms with E-state index >= 15 is 0 Å². The molecule has 0 atom stereocenters. The van der Waals surface area contributed by atoms with Gasteiger partial charge >= 0.3 is 0 Å². The minimum absolute atomic E-state index is 0.889. The van der Waals surface area contributed by atoms with Crippen LogP contribution in [0.5, 0.6) is 0 Å². The Morgan fingerprint density at radius 2 is 2.29 bits per heavy atom. The number of hydrogen-bond donors (Lipinski definition) is 1. The Labute approximate surface area is 93.3 Å². The Bertz CT molecular complexity index is 280. The van der Waals surface area contributed by atoms with E-state index in [0.717, 1.165) is 29.2 Å². The second-order valence-corrected chi connectivity index (χ2v) is 4.79. The predicted octanol–water partition coefficient (Wildman–Crippen LogP) is 2.73. The lowest BCUT2D eigenvalue weighted by atomic mass is 10.3. The summed E-state index contributed by atoms with van der Waals surface area (Å²) in [6.07, 6.45) is 6.06. The van der Waals surface area contributed by atoms with Crippen molar-refractivity contribution in [3.63, 3.8) is 0 Å². The molecule has 0 aliphatic heterocycles. The van der Waals surface area contributed by atoms with E-state index < -0.39 is 0 Å². The topological polar surface area (TPSA) is 24.9 Å². The fourth-order valence-corrected chi connectivity index (χ4v) is 1.67. The van der Waals surface area contributed by atoms with Crippen molar-refractivity contribution < 1.29 is 0 Å². The molecule has 0 amide bonds. The van der Waals surface area contributed by atoms with Crippen LogP contribution < -0.4 is 5.32 Å². The van der Waals surface area contributed by atoms with Crippen molar-refractivity contribution >= 4 is 15.9 Å². The summed E-state index contributed by atoms with van der Waals surface area (Å²) in [6, 6.07) is 4.08. The van der Waals surface area contributed by atoms with Crippen molar-refractivity contribution in [2.75, 3.05) is 6.54 Å². The lowest BCUT2D eigenvalue weighted by molar-refractivity contribution is 0.606. The summed E-state index contributed by atoms with van der Waals surface area (Å²) in [5.41, 5.74) is 1.11. The molecule has 1 aliphatic carbocycles. The van der Waals surface area contributed by atoms with Crippen LogP contribution in [-0.4, -0.2) is 11.5 Å². The van der Waals surface area contributed by atoms with Gasteiger partial charge in [-0.2, -0.15) is 0 Å². The highest BCUT2D eigenvalue weighted by Crippen LogP contribution is 2.31. The number of nitrogens with zero attached hydrogens (tertiary/aromatic N) is 1. The fourth-order valence-electron chi connectivity index (χ4n) is 1.44. The second kappa shape index (κ2) is 4.89. The molecule has 0 aromatic carbocycles. The molecule has 0 saturated heterocycles. The summed E-state index contributed by atoms with van der Waals surface area (Å²) in [4.78, 5) is 4.30. The first-order valence-corrected chi connectivity index (χ1v) is 5.95.